The molecule has 1 amide bonds. The van der Waals surface area contributed by atoms with Gasteiger partial charge in [-0.05, 0) is 23.8 Å². The van der Waals surface area contributed by atoms with Crippen molar-refractivity contribution in [2.45, 2.75) is 19.8 Å². The molecule has 7 nitrogen and oxygen atoms in total. The van der Waals surface area contributed by atoms with E-state index in [1.807, 2.05) is 6.07 Å². The number of benzene rings is 1. The summed E-state index contributed by atoms with van der Waals surface area (Å²) >= 11 is 0. The van der Waals surface area contributed by atoms with Crippen LogP contribution in [0.4, 0.5) is 10.2 Å². The Balaban J connectivity index is 1.67. The third-order valence-electron chi connectivity index (χ3n) is 4.75. The Kier molecular flexibility index (Phi) is 4.37. The molecule has 0 radical (unpaired) electrons. The fourth-order valence-corrected chi connectivity index (χ4v) is 3.26. The smallest absolute Gasteiger partial charge is 0.256 e. The summed E-state index contributed by atoms with van der Waals surface area (Å²) in [5.41, 5.74) is 8.92. The van der Waals surface area contributed by atoms with Crippen LogP contribution in [0.15, 0.2) is 30.5 Å². The largest absolute Gasteiger partial charge is 0.383 e. The van der Waals surface area contributed by atoms with Crippen molar-refractivity contribution in [2.24, 2.45) is 0 Å². The molecule has 3 heterocycles. The van der Waals surface area contributed by atoms with Crippen molar-refractivity contribution in [1.29, 1.82) is 5.26 Å². The quantitative estimate of drug-likeness (QED) is 0.752. The van der Waals surface area contributed by atoms with Crippen LogP contribution in [0.3, 0.4) is 0 Å². The number of hydrogen-bond acceptors (Lipinski definition) is 6. The predicted octanol–water partition coefficient (Wildman–Crippen LogP) is 2.53. The SMILES string of the molecule is CN(Cc1ccc(C#N)cn1)C(=O)c1cc2c3c(c(N)nc2cc1F)COC3. The van der Waals surface area contributed by atoms with Gasteiger partial charge in [-0.1, -0.05) is 0 Å². The van der Waals surface area contributed by atoms with Gasteiger partial charge in [0.25, 0.3) is 5.91 Å². The van der Waals surface area contributed by atoms with Gasteiger partial charge in [-0.2, -0.15) is 5.26 Å². The Morgan fingerprint density at radius 3 is 2.86 bits per heavy atom. The molecule has 3 aromatic rings. The average Bonchev–Trinajstić information content (AvgIpc) is 3.18. The van der Waals surface area contributed by atoms with Gasteiger partial charge in [0.2, 0.25) is 0 Å². The lowest BCUT2D eigenvalue weighted by molar-refractivity contribution is 0.0779. The average molecular weight is 377 g/mol. The fourth-order valence-electron chi connectivity index (χ4n) is 3.26. The number of amides is 1. The molecule has 0 atom stereocenters. The number of nitrogens with two attached hydrogens (primary N) is 1. The number of anilines is 1. The zero-order chi connectivity index (χ0) is 19.8. The molecule has 1 aromatic carbocycles. The number of fused-ring (bicyclic) bond motifs is 3. The van der Waals surface area contributed by atoms with E-state index in [0.717, 1.165) is 11.1 Å². The molecule has 28 heavy (non-hydrogen) atoms. The van der Waals surface area contributed by atoms with Gasteiger partial charge in [-0.25, -0.2) is 9.37 Å². The maximum Gasteiger partial charge on any atom is 0.256 e. The molecule has 2 N–H and O–H groups in total. The number of nitrogen functional groups attached to an aromatic ring is 1. The first kappa shape index (κ1) is 17.8. The van der Waals surface area contributed by atoms with Crippen molar-refractivity contribution >= 4 is 22.6 Å². The first-order chi connectivity index (χ1) is 13.5. The minimum absolute atomic E-state index is 0.0516. The number of hydrogen-bond donors (Lipinski definition) is 1. The second kappa shape index (κ2) is 6.87. The molecule has 0 aliphatic carbocycles. The summed E-state index contributed by atoms with van der Waals surface area (Å²) in [6.07, 6.45) is 1.43. The molecular formula is C20H16FN5O2. The van der Waals surface area contributed by atoms with Crippen molar-refractivity contribution in [2.75, 3.05) is 12.8 Å². The summed E-state index contributed by atoms with van der Waals surface area (Å²) in [6, 6.07) is 8.01. The van der Waals surface area contributed by atoms with Crippen LogP contribution in [0.2, 0.25) is 0 Å². The summed E-state index contributed by atoms with van der Waals surface area (Å²) in [6.45, 7) is 0.890. The van der Waals surface area contributed by atoms with Crippen molar-refractivity contribution in [3.05, 3.63) is 64.2 Å². The Labute approximate surface area is 160 Å². The lowest BCUT2D eigenvalue weighted by atomic mass is 10.0. The van der Waals surface area contributed by atoms with Crippen LogP contribution < -0.4 is 5.73 Å². The Morgan fingerprint density at radius 1 is 1.36 bits per heavy atom. The third-order valence-corrected chi connectivity index (χ3v) is 4.75. The van der Waals surface area contributed by atoms with E-state index in [0.29, 0.717) is 41.2 Å². The topological polar surface area (TPSA) is 105 Å². The first-order valence-electron chi connectivity index (χ1n) is 8.56. The first-order valence-corrected chi connectivity index (χ1v) is 8.56. The molecule has 4 rings (SSSR count). The van der Waals surface area contributed by atoms with Gasteiger partial charge in [-0.15, -0.1) is 0 Å². The molecule has 140 valence electrons. The van der Waals surface area contributed by atoms with E-state index in [1.165, 1.54) is 23.2 Å². The number of carbonyl (C=O) groups excluding carboxylic acids is 1. The number of aromatic nitrogens is 2. The second-order valence-electron chi connectivity index (χ2n) is 6.61. The van der Waals surface area contributed by atoms with E-state index < -0.39 is 11.7 Å². The van der Waals surface area contributed by atoms with Gasteiger partial charge in [0.15, 0.2) is 0 Å². The molecule has 0 bridgehead atoms. The lowest BCUT2D eigenvalue weighted by Crippen LogP contribution is -2.27. The van der Waals surface area contributed by atoms with E-state index in [-0.39, 0.29) is 12.1 Å². The van der Waals surface area contributed by atoms with Crippen LogP contribution in [-0.2, 0) is 24.5 Å². The number of carbonyl (C=O) groups is 1. The van der Waals surface area contributed by atoms with E-state index in [9.17, 15) is 9.18 Å². The van der Waals surface area contributed by atoms with Crippen LogP contribution in [0.5, 0.6) is 0 Å². The van der Waals surface area contributed by atoms with Crippen LogP contribution >= 0.6 is 0 Å². The van der Waals surface area contributed by atoms with Crippen molar-refractivity contribution in [1.82, 2.24) is 14.9 Å². The highest BCUT2D eigenvalue weighted by Gasteiger charge is 2.23. The van der Waals surface area contributed by atoms with E-state index in [1.54, 1.807) is 19.2 Å². The number of nitriles is 1. The van der Waals surface area contributed by atoms with Crippen LogP contribution in [0.25, 0.3) is 10.9 Å². The molecule has 0 fully saturated rings. The maximum atomic E-state index is 14.6. The molecule has 0 saturated heterocycles. The summed E-state index contributed by atoms with van der Waals surface area (Å²) < 4.78 is 20.1. The fraction of sp³-hybridized carbons (Fsp3) is 0.200. The molecule has 0 saturated carbocycles. The highest BCUT2D eigenvalue weighted by molar-refractivity contribution is 5.99. The van der Waals surface area contributed by atoms with Gasteiger partial charge in [0.1, 0.15) is 17.7 Å². The summed E-state index contributed by atoms with van der Waals surface area (Å²) in [5, 5.41) is 9.49. The highest BCUT2D eigenvalue weighted by Crippen LogP contribution is 2.32. The zero-order valence-electron chi connectivity index (χ0n) is 15.1. The normalized spacial score (nSPS) is 12.6. The van der Waals surface area contributed by atoms with Gasteiger partial charge in [0, 0.05) is 30.3 Å². The van der Waals surface area contributed by atoms with Crippen LogP contribution in [-0.4, -0.2) is 27.8 Å². The monoisotopic (exact) mass is 377 g/mol. The Hall–Kier alpha value is -3.57. The minimum Gasteiger partial charge on any atom is -0.383 e. The zero-order valence-corrected chi connectivity index (χ0v) is 15.1. The number of halogens is 1. The Morgan fingerprint density at radius 2 is 2.14 bits per heavy atom. The molecule has 0 unspecified atom stereocenters. The summed E-state index contributed by atoms with van der Waals surface area (Å²) in [4.78, 5) is 22.6. The van der Waals surface area contributed by atoms with Gasteiger partial charge in [-0.3, -0.25) is 9.78 Å². The number of nitrogens with zero attached hydrogens (tertiary/aromatic N) is 4. The van der Waals surface area contributed by atoms with Crippen molar-refractivity contribution < 1.29 is 13.9 Å². The van der Waals surface area contributed by atoms with E-state index in [2.05, 4.69) is 9.97 Å². The minimum atomic E-state index is -0.664. The number of ether oxygens (including phenoxy) is 1. The van der Waals surface area contributed by atoms with Gasteiger partial charge in [0.05, 0.1) is 42.1 Å². The van der Waals surface area contributed by atoms with Crippen molar-refractivity contribution in [3.8, 4) is 6.07 Å². The van der Waals surface area contributed by atoms with E-state index in [4.69, 9.17) is 15.7 Å². The second-order valence-corrected chi connectivity index (χ2v) is 6.61. The molecular weight excluding hydrogens is 361 g/mol. The highest BCUT2D eigenvalue weighted by atomic mass is 19.1. The predicted molar refractivity (Wildman–Crippen MR) is 99.4 cm³/mol. The number of rotatable bonds is 3. The lowest BCUT2D eigenvalue weighted by Gasteiger charge is -2.18. The van der Waals surface area contributed by atoms with Gasteiger partial charge < -0.3 is 15.4 Å². The van der Waals surface area contributed by atoms with Crippen LogP contribution in [0, 0.1) is 17.1 Å². The molecule has 1 aliphatic heterocycles. The Bertz CT molecular complexity index is 1140. The maximum absolute atomic E-state index is 14.6. The molecule has 1 aliphatic rings. The van der Waals surface area contributed by atoms with E-state index >= 15 is 0 Å². The summed E-state index contributed by atoms with van der Waals surface area (Å²) in [5.74, 6) is -0.819. The van der Waals surface area contributed by atoms with Gasteiger partial charge >= 0.3 is 0 Å². The third kappa shape index (κ3) is 3.02. The van der Waals surface area contributed by atoms with Crippen molar-refractivity contribution in [3.63, 3.8) is 0 Å². The molecule has 0 spiro atoms. The standard InChI is InChI=1S/C20H16FN5O2/c1-26(8-12-3-2-11(6-22)7-24-12)20(27)14-4-13-15-9-28-10-16(15)19(23)25-18(13)5-17(14)21/h2-5,7H,8-10H2,1H3,(H2,23,25). The molecule has 2 aromatic heterocycles. The molecule has 8 heteroatoms. The van der Waals surface area contributed by atoms with Crippen LogP contribution in [0.1, 0.15) is 32.7 Å². The number of pyridine rings is 2. The summed E-state index contributed by atoms with van der Waals surface area (Å²) in [7, 11) is 1.57.